The number of anilines is 2. The van der Waals surface area contributed by atoms with Crippen molar-refractivity contribution in [1.82, 2.24) is 4.90 Å². The quantitative estimate of drug-likeness (QED) is 0.677. The molecule has 25 heavy (non-hydrogen) atoms. The number of nitrogens with one attached hydrogen (secondary N) is 1. The Hall–Kier alpha value is -1.31. The van der Waals surface area contributed by atoms with Gasteiger partial charge in [0.1, 0.15) is 0 Å². The highest BCUT2D eigenvalue weighted by atomic mass is 127. The van der Waals surface area contributed by atoms with Crippen LogP contribution in [0, 0.1) is 3.57 Å². The third kappa shape index (κ3) is 4.46. The summed E-state index contributed by atoms with van der Waals surface area (Å²) >= 11 is 8.70. The van der Waals surface area contributed by atoms with Crippen molar-refractivity contribution in [2.24, 2.45) is 0 Å². The molecule has 2 aromatic rings. The number of benzene rings is 2. The Morgan fingerprint density at radius 1 is 1.12 bits per heavy atom. The van der Waals surface area contributed by atoms with E-state index in [4.69, 9.17) is 11.6 Å². The topological polar surface area (TPSA) is 35.6 Å². The molecule has 2 aromatic carbocycles. The van der Waals surface area contributed by atoms with Gasteiger partial charge >= 0.3 is 0 Å². The van der Waals surface area contributed by atoms with Crippen molar-refractivity contribution >= 4 is 51.5 Å². The minimum absolute atomic E-state index is 0.118. The molecule has 1 aliphatic heterocycles. The number of rotatable bonds is 4. The molecule has 1 saturated heterocycles. The van der Waals surface area contributed by atoms with Crippen LogP contribution in [0.25, 0.3) is 0 Å². The number of likely N-dealkylation sites (N-methyl/N-ethyl adjacent to an activating group) is 1. The second kappa shape index (κ2) is 8.38. The van der Waals surface area contributed by atoms with Crippen molar-refractivity contribution in [1.29, 1.82) is 0 Å². The fourth-order valence-electron chi connectivity index (χ4n) is 3.02. The summed E-state index contributed by atoms with van der Waals surface area (Å²) in [7, 11) is 0. The van der Waals surface area contributed by atoms with Gasteiger partial charge in [-0.1, -0.05) is 24.6 Å². The molecule has 1 amide bonds. The average Bonchev–Trinajstić information content (AvgIpc) is 2.62. The Bertz CT molecular complexity index is 743. The van der Waals surface area contributed by atoms with E-state index >= 15 is 0 Å². The number of carbonyl (C=O) groups excluding carboxylic acids is 1. The van der Waals surface area contributed by atoms with Gasteiger partial charge in [-0.05, 0) is 65.5 Å². The number of hydrogen-bond acceptors (Lipinski definition) is 3. The summed E-state index contributed by atoms with van der Waals surface area (Å²) in [4.78, 5) is 17.3. The summed E-state index contributed by atoms with van der Waals surface area (Å²) < 4.78 is 1.10. The van der Waals surface area contributed by atoms with Gasteiger partial charge in [0.25, 0.3) is 5.91 Å². The fourth-order valence-corrected chi connectivity index (χ4v) is 3.67. The van der Waals surface area contributed by atoms with Crippen LogP contribution in [-0.4, -0.2) is 43.5 Å². The number of amides is 1. The first-order valence-electron chi connectivity index (χ1n) is 8.41. The normalized spacial score (nSPS) is 15.2. The average molecular weight is 470 g/mol. The summed E-state index contributed by atoms with van der Waals surface area (Å²) in [5.74, 6) is -0.118. The van der Waals surface area contributed by atoms with E-state index in [0.717, 1.165) is 47.7 Å². The van der Waals surface area contributed by atoms with E-state index in [1.807, 2.05) is 42.5 Å². The molecule has 0 radical (unpaired) electrons. The summed E-state index contributed by atoms with van der Waals surface area (Å²) in [5.41, 5.74) is 2.32. The molecule has 1 N–H and O–H groups in total. The maximum atomic E-state index is 12.6. The standard InChI is InChI=1S/C19H21ClIN3O/c1-2-23-10-12-24(13-11-23)18-16(20)4-3-5-17(18)22-19(25)14-6-8-15(21)9-7-14/h3-9H,2,10-13H2,1H3,(H,22,25). The lowest BCUT2D eigenvalue weighted by Gasteiger charge is -2.36. The van der Waals surface area contributed by atoms with Gasteiger partial charge in [0.15, 0.2) is 0 Å². The Morgan fingerprint density at radius 3 is 2.44 bits per heavy atom. The molecule has 0 atom stereocenters. The van der Waals surface area contributed by atoms with Crippen molar-refractivity contribution < 1.29 is 4.79 Å². The first-order valence-corrected chi connectivity index (χ1v) is 9.87. The molecule has 1 aliphatic rings. The van der Waals surface area contributed by atoms with E-state index in [0.29, 0.717) is 10.6 Å². The van der Waals surface area contributed by atoms with Crippen LogP contribution in [0.1, 0.15) is 17.3 Å². The molecule has 6 heteroatoms. The Morgan fingerprint density at radius 2 is 1.80 bits per heavy atom. The first kappa shape index (κ1) is 18.5. The summed E-state index contributed by atoms with van der Waals surface area (Å²) in [6.07, 6.45) is 0. The Labute approximate surface area is 167 Å². The van der Waals surface area contributed by atoms with E-state index in [2.05, 4.69) is 44.6 Å². The van der Waals surface area contributed by atoms with E-state index < -0.39 is 0 Å². The molecular weight excluding hydrogens is 449 g/mol. The maximum Gasteiger partial charge on any atom is 0.255 e. The van der Waals surface area contributed by atoms with Gasteiger partial charge in [0.05, 0.1) is 16.4 Å². The lowest BCUT2D eigenvalue weighted by atomic mass is 10.1. The van der Waals surface area contributed by atoms with Crippen molar-refractivity contribution in [3.05, 3.63) is 56.6 Å². The van der Waals surface area contributed by atoms with E-state index in [-0.39, 0.29) is 5.91 Å². The molecule has 0 aromatic heterocycles. The summed E-state index contributed by atoms with van der Waals surface area (Å²) in [6, 6.07) is 13.2. The monoisotopic (exact) mass is 469 g/mol. The molecule has 0 bridgehead atoms. The van der Waals surface area contributed by atoms with Crippen LogP contribution in [0.15, 0.2) is 42.5 Å². The van der Waals surface area contributed by atoms with E-state index in [1.54, 1.807) is 0 Å². The SMILES string of the molecule is CCN1CCN(c2c(Cl)cccc2NC(=O)c2ccc(I)cc2)CC1. The molecule has 0 unspecified atom stereocenters. The van der Waals surface area contributed by atoms with Crippen LogP contribution in [-0.2, 0) is 0 Å². The lowest BCUT2D eigenvalue weighted by Crippen LogP contribution is -2.46. The second-order valence-corrected chi connectivity index (χ2v) is 7.67. The minimum Gasteiger partial charge on any atom is -0.366 e. The van der Waals surface area contributed by atoms with Gasteiger partial charge in [0.2, 0.25) is 0 Å². The molecule has 3 rings (SSSR count). The summed E-state index contributed by atoms with van der Waals surface area (Å²) in [6.45, 7) is 7.07. The zero-order valence-electron chi connectivity index (χ0n) is 14.1. The predicted molar refractivity (Wildman–Crippen MR) is 113 cm³/mol. The van der Waals surface area contributed by atoms with Crippen LogP contribution < -0.4 is 10.2 Å². The zero-order chi connectivity index (χ0) is 17.8. The Balaban J connectivity index is 1.81. The van der Waals surface area contributed by atoms with Gasteiger partial charge in [-0.25, -0.2) is 0 Å². The minimum atomic E-state index is -0.118. The smallest absolute Gasteiger partial charge is 0.255 e. The molecule has 1 fully saturated rings. The van der Waals surface area contributed by atoms with E-state index in [1.165, 1.54) is 0 Å². The van der Waals surface area contributed by atoms with E-state index in [9.17, 15) is 4.79 Å². The predicted octanol–water partition coefficient (Wildman–Crippen LogP) is 4.34. The maximum absolute atomic E-state index is 12.6. The number of piperazine rings is 1. The molecule has 1 heterocycles. The third-order valence-electron chi connectivity index (χ3n) is 4.48. The molecule has 4 nitrogen and oxygen atoms in total. The van der Waals surface area contributed by atoms with Crippen LogP contribution in [0.4, 0.5) is 11.4 Å². The molecule has 0 aliphatic carbocycles. The first-order chi connectivity index (χ1) is 12.1. The van der Waals surface area contributed by atoms with Crippen molar-refractivity contribution in [2.45, 2.75) is 6.92 Å². The molecule has 0 spiro atoms. The number of nitrogens with zero attached hydrogens (tertiary/aromatic N) is 2. The lowest BCUT2D eigenvalue weighted by molar-refractivity contribution is 0.102. The van der Waals surface area contributed by atoms with Gasteiger partial charge in [-0.2, -0.15) is 0 Å². The largest absolute Gasteiger partial charge is 0.366 e. The van der Waals surface area contributed by atoms with Crippen molar-refractivity contribution in [3.63, 3.8) is 0 Å². The zero-order valence-corrected chi connectivity index (χ0v) is 17.0. The van der Waals surface area contributed by atoms with Gasteiger partial charge < -0.3 is 15.1 Å². The molecular formula is C19H21ClIN3O. The highest BCUT2D eigenvalue weighted by molar-refractivity contribution is 14.1. The number of hydrogen-bond donors (Lipinski definition) is 1. The second-order valence-electron chi connectivity index (χ2n) is 6.02. The van der Waals surface area contributed by atoms with Crippen molar-refractivity contribution in [2.75, 3.05) is 42.9 Å². The number of para-hydroxylation sites is 1. The molecule has 132 valence electrons. The van der Waals surface area contributed by atoms with Gasteiger partial charge in [-0.3, -0.25) is 4.79 Å². The van der Waals surface area contributed by atoms with Crippen LogP contribution in [0.5, 0.6) is 0 Å². The fraction of sp³-hybridized carbons (Fsp3) is 0.316. The van der Waals surface area contributed by atoms with Gasteiger partial charge in [-0.15, -0.1) is 0 Å². The van der Waals surface area contributed by atoms with Crippen LogP contribution in [0.3, 0.4) is 0 Å². The van der Waals surface area contributed by atoms with Crippen LogP contribution >= 0.6 is 34.2 Å². The Kier molecular flexibility index (Phi) is 6.19. The highest BCUT2D eigenvalue weighted by Gasteiger charge is 2.21. The van der Waals surface area contributed by atoms with Crippen molar-refractivity contribution in [3.8, 4) is 0 Å². The van der Waals surface area contributed by atoms with Gasteiger partial charge in [0, 0.05) is 35.3 Å². The number of carbonyl (C=O) groups is 1. The highest BCUT2D eigenvalue weighted by Crippen LogP contribution is 2.34. The number of halogens is 2. The third-order valence-corrected chi connectivity index (χ3v) is 5.50. The molecule has 0 saturated carbocycles. The van der Waals surface area contributed by atoms with Crippen LogP contribution in [0.2, 0.25) is 5.02 Å². The summed E-state index contributed by atoms with van der Waals surface area (Å²) in [5, 5.41) is 3.70.